The normalized spacial score (nSPS) is 15.3. The molecule has 0 radical (unpaired) electrons. The van der Waals surface area contributed by atoms with Crippen molar-refractivity contribution in [3.8, 4) is 0 Å². The van der Waals surface area contributed by atoms with Crippen molar-refractivity contribution in [3.05, 3.63) is 29.3 Å². The number of anilines is 1. The lowest BCUT2D eigenvalue weighted by atomic mass is 10.0. The number of carbonyl (C=O) groups excluding carboxylic acids is 2. The minimum absolute atomic E-state index is 0.000437. The maximum atomic E-state index is 12.6. The lowest BCUT2D eigenvalue weighted by Crippen LogP contribution is -2.40. The van der Waals surface area contributed by atoms with Gasteiger partial charge in [0.1, 0.15) is 0 Å². The highest BCUT2D eigenvalue weighted by atomic mass is 16.2. The summed E-state index contributed by atoms with van der Waals surface area (Å²) in [5.41, 5.74) is 3.31. The Bertz CT molecular complexity index is 582. The summed E-state index contributed by atoms with van der Waals surface area (Å²) in [5, 5.41) is 3.11. The predicted molar refractivity (Wildman–Crippen MR) is 107 cm³/mol. The standard InChI is InChI=1S/C22H34N2O2/c1-4-18-11-10-12-19(5-2)22(18)23-21(26)15-16-24(17(3)25)20-13-8-6-7-9-14-20/h10-12,20H,4-9,13-16H2,1-3H3,(H,23,26). The van der Waals surface area contributed by atoms with Crippen LogP contribution in [0.15, 0.2) is 18.2 Å². The Labute approximate surface area is 158 Å². The number of amides is 2. The van der Waals surface area contributed by atoms with E-state index < -0.39 is 0 Å². The molecule has 0 spiro atoms. The largest absolute Gasteiger partial charge is 0.339 e. The van der Waals surface area contributed by atoms with Crippen LogP contribution in [0.5, 0.6) is 0 Å². The average molecular weight is 359 g/mol. The summed E-state index contributed by atoms with van der Waals surface area (Å²) >= 11 is 0. The van der Waals surface area contributed by atoms with Gasteiger partial charge in [0.05, 0.1) is 0 Å². The first-order valence-electron chi connectivity index (χ1n) is 10.2. The first kappa shape index (κ1) is 20.5. The summed E-state index contributed by atoms with van der Waals surface area (Å²) in [6.07, 6.45) is 9.18. The molecule has 1 N–H and O–H groups in total. The van der Waals surface area contributed by atoms with Gasteiger partial charge in [-0.3, -0.25) is 9.59 Å². The van der Waals surface area contributed by atoms with Crippen molar-refractivity contribution in [2.75, 3.05) is 11.9 Å². The molecule has 144 valence electrons. The molecule has 4 heteroatoms. The van der Waals surface area contributed by atoms with E-state index >= 15 is 0 Å². The van der Waals surface area contributed by atoms with Crippen LogP contribution < -0.4 is 5.32 Å². The van der Waals surface area contributed by atoms with Gasteiger partial charge in [0.25, 0.3) is 0 Å². The van der Waals surface area contributed by atoms with E-state index in [0.29, 0.717) is 19.0 Å². The van der Waals surface area contributed by atoms with Crippen LogP contribution in [0.1, 0.15) is 76.8 Å². The number of aryl methyl sites for hydroxylation is 2. The second kappa shape index (κ2) is 10.3. The van der Waals surface area contributed by atoms with E-state index in [1.165, 1.54) is 36.8 Å². The molecule has 0 heterocycles. The number of rotatable bonds is 7. The lowest BCUT2D eigenvalue weighted by molar-refractivity contribution is -0.131. The maximum Gasteiger partial charge on any atom is 0.226 e. The van der Waals surface area contributed by atoms with E-state index in [1.807, 2.05) is 4.90 Å². The highest BCUT2D eigenvalue weighted by Crippen LogP contribution is 2.24. The molecule has 1 aromatic rings. The molecule has 0 atom stereocenters. The zero-order valence-electron chi connectivity index (χ0n) is 16.6. The molecule has 0 saturated heterocycles. The number of para-hydroxylation sites is 1. The molecule has 26 heavy (non-hydrogen) atoms. The van der Waals surface area contributed by atoms with Crippen LogP contribution in [-0.4, -0.2) is 29.3 Å². The van der Waals surface area contributed by atoms with Crippen molar-refractivity contribution in [2.24, 2.45) is 0 Å². The Morgan fingerprint density at radius 2 is 1.62 bits per heavy atom. The van der Waals surface area contributed by atoms with Crippen molar-refractivity contribution in [3.63, 3.8) is 0 Å². The van der Waals surface area contributed by atoms with Gasteiger partial charge in [0, 0.05) is 31.6 Å². The van der Waals surface area contributed by atoms with Crippen molar-refractivity contribution in [1.82, 2.24) is 4.90 Å². The van der Waals surface area contributed by atoms with E-state index in [0.717, 1.165) is 31.4 Å². The number of hydrogen-bond acceptors (Lipinski definition) is 2. The number of benzene rings is 1. The van der Waals surface area contributed by atoms with Gasteiger partial charge in [-0.1, -0.05) is 57.7 Å². The average Bonchev–Trinajstić information content (AvgIpc) is 2.91. The van der Waals surface area contributed by atoms with Crippen LogP contribution in [0.2, 0.25) is 0 Å². The molecule has 4 nitrogen and oxygen atoms in total. The fourth-order valence-corrected chi connectivity index (χ4v) is 3.99. The second-order valence-corrected chi connectivity index (χ2v) is 7.31. The van der Waals surface area contributed by atoms with Crippen molar-refractivity contribution < 1.29 is 9.59 Å². The number of hydrogen-bond donors (Lipinski definition) is 1. The van der Waals surface area contributed by atoms with Crippen molar-refractivity contribution in [1.29, 1.82) is 0 Å². The molecule has 0 aromatic heterocycles. The second-order valence-electron chi connectivity index (χ2n) is 7.31. The van der Waals surface area contributed by atoms with Crippen LogP contribution in [-0.2, 0) is 22.4 Å². The van der Waals surface area contributed by atoms with Gasteiger partial charge in [-0.15, -0.1) is 0 Å². The third kappa shape index (κ3) is 5.58. The van der Waals surface area contributed by atoms with Crippen LogP contribution in [0.3, 0.4) is 0 Å². The molecule has 2 rings (SSSR count). The fraction of sp³-hybridized carbons (Fsp3) is 0.636. The first-order valence-corrected chi connectivity index (χ1v) is 10.2. The summed E-state index contributed by atoms with van der Waals surface area (Å²) in [6, 6.07) is 6.50. The Morgan fingerprint density at radius 1 is 1.04 bits per heavy atom. The Balaban J connectivity index is 1.99. The monoisotopic (exact) mass is 358 g/mol. The smallest absolute Gasteiger partial charge is 0.226 e. The molecule has 0 unspecified atom stereocenters. The van der Waals surface area contributed by atoms with Gasteiger partial charge in [0.2, 0.25) is 11.8 Å². The van der Waals surface area contributed by atoms with Gasteiger partial charge < -0.3 is 10.2 Å². The molecule has 0 aliphatic heterocycles. The minimum atomic E-state index is 0.000437. The van der Waals surface area contributed by atoms with Crippen molar-refractivity contribution >= 4 is 17.5 Å². The van der Waals surface area contributed by atoms with E-state index in [9.17, 15) is 9.59 Å². The summed E-state index contributed by atoms with van der Waals surface area (Å²) < 4.78 is 0. The minimum Gasteiger partial charge on any atom is -0.339 e. The summed E-state index contributed by atoms with van der Waals surface area (Å²) in [5.74, 6) is 0.0911. The van der Waals surface area contributed by atoms with E-state index in [4.69, 9.17) is 0 Å². The van der Waals surface area contributed by atoms with E-state index in [-0.39, 0.29) is 11.8 Å². The van der Waals surface area contributed by atoms with Crippen molar-refractivity contribution in [2.45, 2.75) is 84.6 Å². The zero-order valence-corrected chi connectivity index (χ0v) is 16.6. The molecule has 1 saturated carbocycles. The van der Waals surface area contributed by atoms with Gasteiger partial charge in [-0.05, 0) is 36.8 Å². The molecule has 1 aliphatic rings. The molecule has 1 fully saturated rings. The summed E-state index contributed by atoms with van der Waals surface area (Å²) in [4.78, 5) is 26.6. The number of nitrogens with one attached hydrogen (secondary N) is 1. The van der Waals surface area contributed by atoms with E-state index in [1.54, 1.807) is 6.92 Å². The van der Waals surface area contributed by atoms with Crippen LogP contribution in [0.4, 0.5) is 5.69 Å². The zero-order chi connectivity index (χ0) is 18.9. The summed E-state index contributed by atoms with van der Waals surface area (Å²) in [7, 11) is 0. The summed E-state index contributed by atoms with van der Waals surface area (Å²) in [6.45, 7) is 6.36. The predicted octanol–water partition coefficient (Wildman–Crippen LogP) is 4.71. The molecule has 1 aromatic carbocycles. The lowest BCUT2D eigenvalue weighted by Gasteiger charge is -2.30. The molecule has 2 amide bonds. The molecule has 0 bridgehead atoms. The van der Waals surface area contributed by atoms with E-state index in [2.05, 4.69) is 37.4 Å². The van der Waals surface area contributed by atoms with Gasteiger partial charge >= 0.3 is 0 Å². The Morgan fingerprint density at radius 3 is 2.12 bits per heavy atom. The highest BCUT2D eigenvalue weighted by Gasteiger charge is 2.23. The number of nitrogens with zero attached hydrogens (tertiary/aromatic N) is 1. The fourth-order valence-electron chi connectivity index (χ4n) is 3.99. The van der Waals surface area contributed by atoms with Crippen LogP contribution in [0.25, 0.3) is 0 Å². The van der Waals surface area contributed by atoms with Gasteiger partial charge in [-0.25, -0.2) is 0 Å². The maximum absolute atomic E-state index is 12.6. The SMILES string of the molecule is CCc1cccc(CC)c1NC(=O)CCN(C(C)=O)C1CCCCCC1. The van der Waals surface area contributed by atoms with Crippen LogP contribution >= 0.6 is 0 Å². The third-order valence-corrected chi connectivity index (χ3v) is 5.51. The topological polar surface area (TPSA) is 49.4 Å². The first-order chi connectivity index (χ1) is 12.6. The Kier molecular flexibility index (Phi) is 8.14. The molecular formula is C22H34N2O2. The third-order valence-electron chi connectivity index (χ3n) is 5.51. The Hall–Kier alpha value is -1.84. The van der Waals surface area contributed by atoms with Crippen LogP contribution in [0, 0.1) is 0 Å². The molecule has 1 aliphatic carbocycles. The number of carbonyl (C=O) groups is 2. The quantitative estimate of drug-likeness (QED) is 0.718. The molecular weight excluding hydrogens is 324 g/mol. The van der Waals surface area contributed by atoms with Gasteiger partial charge in [0.15, 0.2) is 0 Å². The highest BCUT2D eigenvalue weighted by molar-refractivity contribution is 5.92. The van der Waals surface area contributed by atoms with Gasteiger partial charge in [-0.2, -0.15) is 0 Å².